The SMILES string of the molecule is C.CC.CC1(C#N)CCCOC1. The van der Waals surface area contributed by atoms with Gasteiger partial charge in [0.05, 0.1) is 18.1 Å². The molecule has 0 amide bonds. The molecule has 0 aromatic carbocycles. The summed E-state index contributed by atoms with van der Waals surface area (Å²) in [4.78, 5) is 0. The number of hydrogen-bond acceptors (Lipinski definition) is 2. The summed E-state index contributed by atoms with van der Waals surface area (Å²) in [7, 11) is 0. The maximum absolute atomic E-state index is 8.62. The molecule has 1 rings (SSSR count). The Morgan fingerprint density at radius 3 is 2.25 bits per heavy atom. The second-order valence-electron chi connectivity index (χ2n) is 2.83. The Hall–Kier alpha value is -0.550. The smallest absolute Gasteiger partial charge is 0.0779 e. The first-order valence-electron chi connectivity index (χ1n) is 4.26. The Morgan fingerprint density at radius 2 is 2.00 bits per heavy atom. The van der Waals surface area contributed by atoms with Crippen LogP contribution in [0.15, 0.2) is 0 Å². The zero-order valence-electron chi connectivity index (χ0n) is 7.68. The third-order valence-corrected chi connectivity index (χ3v) is 1.71. The third-order valence-electron chi connectivity index (χ3n) is 1.71. The molecule has 1 saturated heterocycles. The van der Waals surface area contributed by atoms with Gasteiger partial charge in [0.25, 0.3) is 0 Å². The predicted octanol–water partition coefficient (Wildman–Crippen LogP) is 2.99. The van der Waals surface area contributed by atoms with Gasteiger partial charge in [0.1, 0.15) is 0 Å². The molecule has 1 atom stereocenters. The molecule has 1 aliphatic rings. The number of ether oxygens (including phenoxy) is 1. The van der Waals surface area contributed by atoms with E-state index in [4.69, 9.17) is 10.00 Å². The van der Waals surface area contributed by atoms with Crippen molar-refractivity contribution in [3.05, 3.63) is 0 Å². The molecule has 0 bridgehead atoms. The van der Waals surface area contributed by atoms with Crippen LogP contribution in [-0.2, 0) is 4.74 Å². The van der Waals surface area contributed by atoms with Crippen molar-refractivity contribution >= 4 is 0 Å². The topological polar surface area (TPSA) is 33.0 Å². The molecule has 0 aromatic rings. The van der Waals surface area contributed by atoms with Crippen LogP contribution >= 0.6 is 0 Å². The fourth-order valence-electron chi connectivity index (χ4n) is 1.02. The van der Waals surface area contributed by atoms with Crippen molar-refractivity contribution in [3.8, 4) is 6.07 Å². The van der Waals surface area contributed by atoms with E-state index in [1.54, 1.807) is 0 Å². The zero-order valence-corrected chi connectivity index (χ0v) is 7.68. The summed E-state index contributed by atoms with van der Waals surface area (Å²) in [6, 6.07) is 2.26. The fourth-order valence-corrected chi connectivity index (χ4v) is 1.02. The molecule has 1 aliphatic heterocycles. The summed E-state index contributed by atoms with van der Waals surface area (Å²) < 4.78 is 5.15. The van der Waals surface area contributed by atoms with Gasteiger partial charge in [-0.15, -0.1) is 0 Å². The molecule has 1 fully saturated rings. The highest BCUT2D eigenvalue weighted by Gasteiger charge is 2.26. The number of nitriles is 1. The van der Waals surface area contributed by atoms with Crippen molar-refractivity contribution in [2.75, 3.05) is 13.2 Å². The van der Waals surface area contributed by atoms with Gasteiger partial charge < -0.3 is 4.74 Å². The number of nitrogens with zero attached hydrogens (tertiary/aromatic N) is 1. The summed E-state index contributed by atoms with van der Waals surface area (Å²) in [6.07, 6.45) is 2.02. The van der Waals surface area contributed by atoms with Crippen LogP contribution in [0.4, 0.5) is 0 Å². The van der Waals surface area contributed by atoms with E-state index in [0.717, 1.165) is 19.4 Å². The second kappa shape index (κ2) is 7.12. The first-order valence-corrected chi connectivity index (χ1v) is 4.26. The minimum absolute atomic E-state index is 0. The Labute approximate surface area is 76.5 Å². The molecule has 0 saturated carbocycles. The molecular formula is C10H21NO. The van der Waals surface area contributed by atoms with E-state index in [0.29, 0.717) is 6.61 Å². The maximum Gasteiger partial charge on any atom is 0.0779 e. The van der Waals surface area contributed by atoms with Crippen molar-refractivity contribution in [1.29, 1.82) is 5.26 Å². The maximum atomic E-state index is 8.62. The van der Waals surface area contributed by atoms with E-state index < -0.39 is 0 Å². The van der Waals surface area contributed by atoms with Gasteiger partial charge in [-0.1, -0.05) is 21.3 Å². The lowest BCUT2D eigenvalue weighted by molar-refractivity contribution is 0.0311. The van der Waals surface area contributed by atoms with Crippen molar-refractivity contribution in [2.24, 2.45) is 5.41 Å². The molecule has 0 radical (unpaired) electrons. The van der Waals surface area contributed by atoms with Crippen molar-refractivity contribution < 1.29 is 4.74 Å². The van der Waals surface area contributed by atoms with Gasteiger partial charge in [-0.2, -0.15) is 5.26 Å². The largest absolute Gasteiger partial charge is 0.380 e. The molecule has 2 heteroatoms. The van der Waals surface area contributed by atoms with Crippen molar-refractivity contribution in [2.45, 2.75) is 41.0 Å². The Kier molecular flexibility index (Phi) is 8.31. The van der Waals surface area contributed by atoms with Gasteiger partial charge in [0.2, 0.25) is 0 Å². The lowest BCUT2D eigenvalue weighted by atomic mass is 9.87. The van der Waals surface area contributed by atoms with Crippen LogP contribution in [0.2, 0.25) is 0 Å². The van der Waals surface area contributed by atoms with Crippen molar-refractivity contribution in [3.63, 3.8) is 0 Å². The monoisotopic (exact) mass is 171 g/mol. The van der Waals surface area contributed by atoms with Crippen LogP contribution in [0.1, 0.15) is 41.0 Å². The average molecular weight is 171 g/mol. The van der Waals surface area contributed by atoms with Gasteiger partial charge in [0, 0.05) is 6.61 Å². The molecule has 0 aromatic heterocycles. The highest BCUT2D eigenvalue weighted by atomic mass is 16.5. The molecule has 0 aliphatic carbocycles. The van der Waals surface area contributed by atoms with E-state index in [1.165, 1.54) is 0 Å². The van der Waals surface area contributed by atoms with Crippen LogP contribution in [0.25, 0.3) is 0 Å². The van der Waals surface area contributed by atoms with Gasteiger partial charge in [0.15, 0.2) is 0 Å². The van der Waals surface area contributed by atoms with Crippen LogP contribution in [0, 0.1) is 16.7 Å². The molecule has 2 nitrogen and oxygen atoms in total. The van der Waals surface area contributed by atoms with E-state index in [1.807, 2.05) is 20.8 Å². The lowest BCUT2D eigenvalue weighted by Crippen LogP contribution is -2.26. The minimum atomic E-state index is -0.196. The van der Waals surface area contributed by atoms with Gasteiger partial charge in [-0.05, 0) is 19.8 Å². The quantitative estimate of drug-likeness (QED) is 0.561. The molecule has 72 valence electrons. The highest BCUT2D eigenvalue weighted by molar-refractivity contribution is 4.96. The molecule has 1 unspecified atom stereocenters. The van der Waals surface area contributed by atoms with Gasteiger partial charge >= 0.3 is 0 Å². The van der Waals surface area contributed by atoms with Crippen molar-refractivity contribution in [1.82, 2.24) is 0 Å². The molecule has 0 spiro atoms. The standard InChI is InChI=1S/C7H11NO.C2H6.CH4/c1-7(5-8)3-2-4-9-6-7;1-2;/h2-4,6H2,1H3;1-2H3;1H4. The normalized spacial score (nSPS) is 27.2. The van der Waals surface area contributed by atoms with Crippen LogP contribution in [0.5, 0.6) is 0 Å². The van der Waals surface area contributed by atoms with E-state index in [9.17, 15) is 0 Å². The summed E-state index contributed by atoms with van der Waals surface area (Å²) in [6.45, 7) is 7.40. The van der Waals surface area contributed by atoms with Crippen LogP contribution < -0.4 is 0 Å². The minimum Gasteiger partial charge on any atom is -0.380 e. The summed E-state index contributed by atoms with van der Waals surface area (Å²) in [5.41, 5.74) is -0.196. The lowest BCUT2D eigenvalue weighted by Gasteiger charge is -2.25. The Balaban J connectivity index is 0. The fraction of sp³-hybridized carbons (Fsp3) is 0.900. The number of rotatable bonds is 0. The average Bonchev–Trinajstić information content (AvgIpc) is 2.10. The highest BCUT2D eigenvalue weighted by Crippen LogP contribution is 2.26. The summed E-state index contributed by atoms with van der Waals surface area (Å²) >= 11 is 0. The molecule has 1 heterocycles. The van der Waals surface area contributed by atoms with Crippen LogP contribution in [0.3, 0.4) is 0 Å². The molecule has 12 heavy (non-hydrogen) atoms. The molecule has 0 N–H and O–H groups in total. The zero-order chi connectivity index (χ0) is 8.74. The van der Waals surface area contributed by atoms with E-state index in [2.05, 4.69) is 6.07 Å². The predicted molar refractivity (Wildman–Crippen MR) is 51.9 cm³/mol. The second-order valence-corrected chi connectivity index (χ2v) is 2.83. The van der Waals surface area contributed by atoms with Gasteiger partial charge in [-0.3, -0.25) is 0 Å². The third kappa shape index (κ3) is 4.35. The number of hydrogen-bond donors (Lipinski definition) is 0. The molecular weight excluding hydrogens is 150 g/mol. The Bertz CT molecular complexity index is 131. The van der Waals surface area contributed by atoms with E-state index in [-0.39, 0.29) is 12.8 Å². The first-order chi connectivity index (χ1) is 5.27. The first kappa shape index (κ1) is 14.0. The van der Waals surface area contributed by atoms with Gasteiger partial charge in [-0.25, -0.2) is 0 Å². The van der Waals surface area contributed by atoms with Crippen LogP contribution in [-0.4, -0.2) is 13.2 Å². The van der Waals surface area contributed by atoms with E-state index >= 15 is 0 Å². The Morgan fingerprint density at radius 1 is 1.42 bits per heavy atom. The summed E-state index contributed by atoms with van der Waals surface area (Å²) in [5.74, 6) is 0. The summed E-state index contributed by atoms with van der Waals surface area (Å²) in [5, 5.41) is 8.62.